The summed E-state index contributed by atoms with van der Waals surface area (Å²) in [7, 11) is 1.28. The Morgan fingerprint density at radius 2 is 1.77 bits per heavy atom. The maximum atomic E-state index is 14.3. The van der Waals surface area contributed by atoms with E-state index in [9.17, 15) is 27.2 Å². The van der Waals surface area contributed by atoms with Crippen molar-refractivity contribution in [1.29, 1.82) is 0 Å². The van der Waals surface area contributed by atoms with Gasteiger partial charge in [-0.1, -0.05) is 0 Å². The zero-order chi connectivity index (χ0) is 22.2. The van der Waals surface area contributed by atoms with Crippen LogP contribution >= 0.6 is 0 Å². The standard InChI is InChI=1S/C20H16F4N2O4/c1-10-13(8-18(25)27)14-7-17(29-2)15(21)9-16(14)26(10)19(28)11-3-5-12(6-4-11)30-20(22,23)24/h3-7,9H,8H2,1-2H3,(H2,25,27). The zero-order valence-electron chi connectivity index (χ0n) is 15.8. The number of rotatable bonds is 5. The quantitative estimate of drug-likeness (QED) is 0.633. The lowest BCUT2D eigenvalue weighted by atomic mass is 10.1. The number of ether oxygens (including phenoxy) is 2. The summed E-state index contributed by atoms with van der Waals surface area (Å²) in [5, 5.41) is 0.398. The van der Waals surface area contributed by atoms with Crippen LogP contribution in [0.15, 0.2) is 36.4 Å². The van der Waals surface area contributed by atoms with Crippen molar-refractivity contribution in [3.63, 3.8) is 0 Å². The molecule has 2 aromatic carbocycles. The largest absolute Gasteiger partial charge is 0.573 e. The predicted octanol–water partition coefficient (Wildman–Crippen LogP) is 3.71. The lowest BCUT2D eigenvalue weighted by Gasteiger charge is -2.11. The van der Waals surface area contributed by atoms with Crippen molar-refractivity contribution >= 4 is 22.7 Å². The van der Waals surface area contributed by atoms with Crippen LogP contribution in [0.2, 0.25) is 0 Å². The topological polar surface area (TPSA) is 83.5 Å². The van der Waals surface area contributed by atoms with Crippen LogP contribution in [-0.4, -0.2) is 29.9 Å². The third-order valence-electron chi connectivity index (χ3n) is 4.50. The predicted molar refractivity (Wildman–Crippen MR) is 98.9 cm³/mol. The maximum absolute atomic E-state index is 14.3. The lowest BCUT2D eigenvalue weighted by Crippen LogP contribution is -2.18. The second-order valence-electron chi connectivity index (χ2n) is 6.42. The minimum atomic E-state index is -4.86. The first kappa shape index (κ1) is 21.2. The van der Waals surface area contributed by atoms with E-state index in [0.717, 1.165) is 30.3 Å². The first-order chi connectivity index (χ1) is 14.0. The molecule has 0 saturated heterocycles. The van der Waals surface area contributed by atoms with E-state index in [1.165, 1.54) is 17.7 Å². The smallest absolute Gasteiger partial charge is 0.494 e. The molecule has 0 atom stereocenters. The number of hydrogen-bond acceptors (Lipinski definition) is 4. The number of alkyl halides is 3. The van der Waals surface area contributed by atoms with Crippen LogP contribution in [0.1, 0.15) is 21.6 Å². The Bertz CT molecular complexity index is 1130. The zero-order valence-corrected chi connectivity index (χ0v) is 15.8. The monoisotopic (exact) mass is 424 g/mol. The highest BCUT2D eigenvalue weighted by Gasteiger charge is 2.31. The van der Waals surface area contributed by atoms with Crippen LogP contribution in [0.5, 0.6) is 11.5 Å². The molecule has 0 fully saturated rings. The Kier molecular flexibility index (Phi) is 5.43. The molecule has 1 heterocycles. The SMILES string of the molecule is COc1cc2c(CC(N)=O)c(C)n(C(=O)c3ccc(OC(F)(F)F)cc3)c2cc1F. The maximum Gasteiger partial charge on any atom is 0.573 e. The summed E-state index contributed by atoms with van der Waals surface area (Å²) in [6.45, 7) is 1.56. The van der Waals surface area contributed by atoms with E-state index in [1.807, 2.05) is 0 Å². The molecule has 158 valence electrons. The molecule has 0 radical (unpaired) electrons. The average molecular weight is 424 g/mol. The van der Waals surface area contributed by atoms with Crippen LogP contribution in [0.3, 0.4) is 0 Å². The fourth-order valence-corrected chi connectivity index (χ4v) is 3.22. The second-order valence-corrected chi connectivity index (χ2v) is 6.42. The van der Waals surface area contributed by atoms with Gasteiger partial charge in [-0.3, -0.25) is 14.2 Å². The van der Waals surface area contributed by atoms with Gasteiger partial charge in [-0.15, -0.1) is 13.2 Å². The van der Waals surface area contributed by atoms with Crippen molar-refractivity contribution in [2.75, 3.05) is 7.11 Å². The molecule has 1 amide bonds. The molecule has 3 aromatic rings. The van der Waals surface area contributed by atoms with Crippen LogP contribution in [0.25, 0.3) is 10.9 Å². The van der Waals surface area contributed by atoms with Crippen molar-refractivity contribution in [2.45, 2.75) is 19.7 Å². The molecule has 0 unspecified atom stereocenters. The number of nitrogens with two attached hydrogens (primary N) is 1. The highest BCUT2D eigenvalue weighted by Crippen LogP contribution is 2.33. The van der Waals surface area contributed by atoms with Gasteiger partial charge in [-0.25, -0.2) is 4.39 Å². The van der Waals surface area contributed by atoms with E-state index in [2.05, 4.69) is 4.74 Å². The van der Waals surface area contributed by atoms with E-state index in [1.54, 1.807) is 6.92 Å². The molecule has 0 aliphatic heterocycles. The summed E-state index contributed by atoms with van der Waals surface area (Å²) in [5.41, 5.74) is 6.27. The molecule has 0 spiro atoms. The molecule has 0 saturated carbocycles. The van der Waals surface area contributed by atoms with Gasteiger partial charge < -0.3 is 15.2 Å². The number of amides is 1. The number of aromatic nitrogens is 1. The highest BCUT2D eigenvalue weighted by molar-refractivity contribution is 6.05. The van der Waals surface area contributed by atoms with Gasteiger partial charge >= 0.3 is 6.36 Å². The minimum absolute atomic E-state index is 0.0337. The Labute approximate surface area is 167 Å². The van der Waals surface area contributed by atoms with Gasteiger partial charge in [-0.2, -0.15) is 0 Å². The molecule has 10 heteroatoms. The Balaban J connectivity index is 2.12. The summed E-state index contributed by atoms with van der Waals surface area (Å²) < 4.78 is 61.2. The molecule has 3 rings (SSSR count). The first-order valence-corrected chi connectivity index (χ1v) is 8.58. The van der Waals surface area contributed by atoms with Crippen molar-refractivity contribution in [2.24, 2.45) is 5.73 Å². The van der Waals surface area contributed by atoms with Crippen LogP contribution in [0.4, 0.5) is 17.6 Å². The highest BCUT2D eigenvalue weighted by atomic mass is 19.4. The van der Waals surface area contributed by atoms with Crippen molar-refractivity contribution in [3.05, 3.63) is 59.0 Å². The number of benzene rings is 2. The fraction of sp³-hybridized carbons (Fsp3) is 0.200. The van der Waals surface area contributed by atoms with Gasteiger partial charge in [0.2, 0.25) is 5.91 Å². The molecule has 0 aliphatic carbocycles. The summed E-state index contributed by atoms with van der Waals surface area (Å²) in [5.74, 6) is -2.57. The number of nitrogens with zero attached hydrogens (tertiary/aromatic N) is 1. The van der Waals surface area contributed by atoms with E-state index >= 15 is 0 Å². The van der Waals surface area contributed by atoms with E-state index in [-0.39, 0.29) is 23.3 Å². The van der Waals surface area contributed by atoms with Crippen LogP contribution < -0.4 is 15.2 Å². The van der Waals surface area contributed by atoms with Gasteiger partial charge in [-0.05, 0) is 42.8 Å². The lowest BCUT2D eigenvalue weighted by molar-refractivity contribution is -0.274. The molecule has 6 nitrogen and oxygen atoms in total. The minimum Gasteiger partial charge on any atom is -0.494 e. The fourth-order valence-electron chi connectivity index (χ4n) is 3.22. The molecular weight excluding hydrogens is 408 g/mol. The molecule has 0 aliphatic rings. The number of primary amides is 1. The van der Waals surface area contributed by atoms with Crippen molar-refractivity contribution in [1.82, 2.24) is 4.57 Å². The van der Waals surface area contributed by atoms with Crippen LogP contribution in [0, 0.1) is 12.7 Å². The van der Waals surface area contributed by atoms with Gasteiger partial charge in [0, 0.05) is 22.7 Å². The summed E-state index contributed by atoms with van der Waals surface area (Å²) in [4.78, 5) is 24.6. The average Bonchev–Trinajstić information content (AvgIpc) is 2.90. The van der Waals surface area contributed by atoms with Gasteiger partial charge in [0.1, 0.15) is 5.75 Å². The number of carbonyl (C=O) groups is 2. The number of hydrogen-bond donors (Lipinski definition) is 1. The van der Waals surface area contributed by atoms with Crippen molar-refractivity contribution in [3.8, 4) is 11.5 Å². The Hall–Kier alpha value is -3.56. The number of carbonyl (C=O) groups excluding carboxylic acids is 2. The Morgan fingerprint density at radius 3 is 2.30 bits per heavy atom. The summed E-state index contributed by atoms with van der Waals surface area (Å²) >= 11 is 0. The molecule has 30 heavy (non-hydrogen) atoms. The first-order valence-electron chi connectivity index (χ1n) is 8.58. The molecule has 0 bridgehead atoms. The van der Waals surface area contributed by atoms with Gasteiger partial charge in [0.25, 0.3) is 5.91 Å². The summed E-state index contributed by atoms with van der Waals surface area (Å²) in [6.07, 6.45) is -5.06. The third-order valence-corrected chi connectivity index (χ3v) is 4.50. The summed E-state index contributed by atoms with van der Waals surface area (Å²) in [6, 6.07) is 6.75. The number of halogens is 4. The van der Waals surface area contributed by atoms with E-state index < -0.39 is 29.7 Å². The third kappa shape index (κ3) is 4.07. The molecular formula is C20H16F4N2O4. The number of methoxy groups -OCH3 is 1. The number of fused-ring (bicyclic) bond motifs is 1. The van der Waals surface area contributed by atoms with Crippen LogP contribution in [-0.2, 0) is 11.2 Å². The van der Waals surface area contributed by atoms with E-state index in [4.69, 9.17) is 10.5 Å². The molecule has 1 aromatic heterocycles. The Morgan fingerprint density at radius 1 is 1.13 bits per heavy atom. The second kappa shape index (κ2) is 7.69. The van der Waals surface area contributed by atoms with Gasteiger partial charge in [0.05, 0.1) is 19.0 Å². The normalized spacial score (nSPS) is 11.5. The van der Waals surface area contributed by atoms with Crippen molar-refractivity contribution < 1.29 is 36.6 Å². The molecule has 2 N–H and O–H groups in total. The van der Waals surface area contributed by atoms with E-state index in [0.29, 0.717) is 16.6 Å². The van der Waals surface area contributed by atoms with Gasteiger partial charge in [0.15, 0.2) is 11.6 Å².